The second-order valence-electron chi connectivity index (χ2n) is 7.84. The van der Waals surface area contributed by atoms with Gasteiger partial charge < -0.3 is 18.9 Å². The lowest BCUT2D eigenvalue weighted by atomic mass is 9.95. The fraction of sp³-hybridized carbons (Fsp3) is 0.409. The summed E-state index contributed by atoms with van der Waals surface area (Å²) in [5.41, 5.74) is 1.67. The van der Waals surface area contributed by atoms with E-state index in [9.17, 15) is 13.2 Å². The predicted molar refractivity (Wildman–Crippen MR) is 110 cm³/mol. The highest BCUT2D eigenvalue weighted by molar-refractivity contribution is 7.85. The van der Waals surface area contributed by atoms with Gasteiger partial charge in [0.25, 0.3) is 0 Å². The highest BCUT2D eigenvalue weighted by atomic mass is 32.2. The van der Waals surface area contributed by atoms with Crippen LogP contribution < -0.4 is 0 Å². The molecule has 3 aliphatic rings. The number of rotatable bonds is 4. The monoisotopic (exact) mass is 461 g/mol. The van der Waals surface area contributed by atoms with Crippen LogP contribution in [0.3, 0.4) is 0 Å². The molecule has 0 aliphatic carbocycles. The number of benzene rings is 2. The lowest BCUT2D eigenvalue weighted by Crippen LogP contribution is -2.64. The van der Waals surface area contributed by atoms with Crippen molar-refractivity contribution >= 4 is 16.2 Å². The first-order valence-corrected chi connectivity index (χ1v) is 11.7. The van der Waals surface area contributed by atoms with E-state index in [0.717, 1.165) is 11.1 Å². The molecule has 3 heterocycles. The van der Waals surface area contributed by atoms with E-state index in [1.165, 1.54) is 6.92 Å². The Bertz CT molecular complexity index is 1060. The van der Waals surface area contributed by atoms with Crippen molar-refractivity contribution in [3.05, 3.63) is 71.8 Å². The molecule has 0 N–H and O–H groups in total. The Balaban J connectivity index is 1.43. The lowest BCUT2D eigenvalue weighted by molar-refractivity contribution is -0.341. The summed E-state index contributed by atoms with van der Waals surface area (Å²) in [5.74, 6) is -0.681. The van der Waals surface area contributed by atoms with Gasteiger partial charge in [0, 0.05) is 12.5 Å². The van der Waals surface area contributed by atoms with Gasteiger partial charge in [0.2, 0.25) is 5.91 Å². The zero-order valence-corrected chi connectivity index (χ0v) is 18.1. The molecule has 0 spiro atoms. The number of amides is 1. The van der Waals surface area contributed by atoms with Crippen LogP contribution in [-0.4, -0.2) is 55.9 Å². The molecule has 5 rings (SSSR count). The first-order chi connectivity index (χ1) is 15.4. The van der Waals surface area contributed by atoms with E-state index in [2.05, 4.69) is 0 Å². The molecule has 2 aromatic rings. The summed E-state index contributed by atoms with van der Waals surface area (Å²) in [7, 11) is -4.31. The van der Waals surface area contributed by atoms with Crippen LogP contribution in [0.1, 0.15) is 24.3 Å². The SMILES string of the molecule is CC(=O)N1[C@H]2[C@H](OCc3ccccc3)O[C@@H]3CO[C@@H](c4ccccc4)O[C@H]3[C@H]2OS1(=O)=O. The molecule has 0 aromatic heterocycles. The van der Waals surface area contributed by atoms with Crippen LogP contribution >= 0.6 is 0 Å². The van der Waals surface area contributed by atoms with Crippen molar-refractivity contribution in [3.63, 3.8) is 0 Å². The van der Waals surface area contributed by atoms with E-state index in [1.807, 2.05) is 60.7 Å². The molecular formula is C22H23NO8S. The number of carbonyl (C=O) groups is 1. The van der Waals surface area contributed by atoms with Crippen LogP contribution in [0.5, 0.6) is 0 Å². The van der Waals surface area contributed by atoms with E-state index in [1.54, 1.807) is 0 Å². The highest BCUT2D eigenvalue weighted by Crippen LogP contribution is 2.42. The summed E-state index contributed by atoms with van der Waals surface area (Å²) < 4.78 is 55.4. The average molecular weight is 461 g/mol. The third-order valence-electron chi connectivity index (χ3n) is 5.69. The van der Waals surface area contributed by atoms with Gasteiger partial charge in [-0.15, -0.1) is 0 Å². The van der Waals surface area contributed by atoms with Gasteiger partial charge in [0.15, 0.2) is 12.6 Å². The number of hydrogen-bond donors (Lipinski definition) is 0. The first-order valence-electron chi connectivity index (χ1n) is 10.3. The van der Waals surface area contributed by atoms with Crippen molar-refractivity contribution in [2.24, 2.45) is 0 Å². The molecule has 3 fully saturated rings. The van der Waals surface area contributed by atoms with Gasteiger partial charge in [-0.25, -0.2) is 8.49 Å². The van der Waals surface area contributed by atoms with Crippen molar-refractivity contribution in [1.29, 1.82) is 0 Å². The van der Waals surface area contributed by atoms with Gasteiger partial charge in [-0.2, -0.15) is 8.42 Å². The molecule has 10 heteroatoms. The number of nitrogens with zero attached hydrogens (tertiary/aromatic N) is 1. The van der Waals surface area contributed by atoms with Crippen LogP contribution in [0, 0.1) is 0 Å². The maximum Gasteiger partial charge on any atom is 0.365 e. The normalized spacial score (nSPS) is 33.3. The largest absolute Gasteiger partial charge is 0.365 e. The van der Waals surface area contributed by atoms with Gasteiger partial charge in [0.05, 0.1) is 13.2 Å². The zero-order chi connectivity index (χ0) is 22.3. The molecule has 32 heavy (non-hydrogen) atoms. The average Bonchev–Trinajstić information content (AvgIpc) is 3.10. The fourth-order valence-corrected chi connectivity index (χ4v) is 5.72. The second kappa shape index (κ2) is 8.54. The van der Waals surface area contributed by atoms with E-state index in [0.29, 0.717) is 4.31 Å². The number of fused-ring (bicyclic) bond motifs is 3. The van der Waals surface area contributed by atoms with Crippen LogP contribution in [0.2, 0.25) is 0 Å². The van der Waals surface area contributed by atoms with Crippen LogP contribution in [-0.2, 0) is 44.8 Å². The fourth-order valence-electron chi connectivity index (χ4n) is 4.29. The lowest BCUT2D eigenvalue weighted by Gasteiger charge is -2.46. The Morgan fingerprint density at radius 3 is 2.41 bits per heavy atom. The summed E-state index contributed by atoms with van der Waals surface area (Å²) in [4.78, 5) is 12.3. The number of hydrogen-bond acceptors (Lipinski definition) is 8. The molecule has 3 saturated heterocycles. The molecule has 170 valence electrons. The minimum Gasteiger partial charge on any atom is -0.346 e. The molecule has 1 amide bonds. The van der Waals surface area contributed by atoms with Crippen LogP contribution in [0.25, 0.3) is 0 Å². The molecule has 0 saturated carbocycles. The molecule has 3 aliphatic heterocycles. The van der Waals surface area contributed by atoms with Crippen LogP contribution in [0.4, 0.5) is 0 Å². The quantitative estimate of drug-likeness (QED) is 0.681. The number of ether oxygens (including phenoxy) is 4. The van der Waals surface area contributed by atoms with Gasteiger partial charge in [-0.05, 0) is 5.56 Å². The topological polar surface area (TPSA) is 101 Å². The maximum atomic E-state index is 12.7. The Morgan fingerprint density at radius 1 is 1.03 bits per heavy atom. The van der Waals surface area contributed by atoms with Crippen molar-refractivity contribution < 1.29 is 36.3 Å². The Labute approximate surface area is 186 Å². The van der Waals surface area contributed by atoms with Crippen molar-refractivity contribution in [3.8, 4) is 0 Å². The highest BCUT2D eigenvalue weighted by Gasteiger charge is 2.62. The first kappa shape index (κ1) is 21.5. The zero-order valence-electron chi connectivity index (χ0n) is 17.3. The molecule has 0 radical (unpaired) electrons. The minimum atomic E-state index is -4.31. The van der Waals surface area contributed by atoms with E-state index >= 15 is 0 Å². The summed E-state index contributed by atoms with van der Waals surface area (Å²) in [6.07, 6.45) is -4.13. The second-order valence-corrected chi connectivity index (χ2v) is 9.28. The number of carbonyl (C=O) groups excluding carboxylic acids is 1. The van der Waals surface area contributed by atoms with Crippen LogP contribution in [0.15, 0.2) is 60.7 Å². The standard InChI is InChI=1S/C22H23NO8S/c1-14(24)23-18-20(31-32(23,25)26)19-17(13-28-21(30-19)16-10-6-3-7-11-16)29-22(18)27-12-15-8-4-2-5-9-15/h2-11,17-22H,12-13H2,1H3/t17-,18-,19-,20+,21-,22-/m1/s1. The Hall–Kier alpha value is -2.34. The van der Waals surface area contributed by atoms with Crippen molar-refractivity contribution in [1.82, 2.24) is 4.31 Å². The van der Waals surface area contributed by atoms with E-state index in [4.69, 9.17) is 23.1 Å². The van der Waals surface area contributed by atoms with Gasteiger partial charge in [-0.1, -0.05) is 60.7 Å². The van der Waals surface area contributed by atoms with Gasteiger partial charge in [0.1, 0.15) is 24.4 Å². The molecule has 0 unspecified atom stereocenters. The molecular weight excluding hydrogens is 438 g/mol. The van der Waals surface area contributed by atoms with E-state index < -0.39 is 53.1 Å². The minimum absolute atomic E-state index is 0.155. The summed E-state index contributed by atoms with van der Waals surface area (Å²) in [5, 5.41) is 0. The smallest absolute Gasteiger partial charge is 0.346 e. The Morgan fingerprint density at radius 2 is 1.72 bits per heavy atom. The predicted octanol–water partition coefficient (Wildman–Crippen LogP) is 1.90. The molecule has 2 aromatic carbocycles. The third kappa shape index (κ3) is 3.94. The summed E-state index contributed by atoms with van der Waals surface area (Å²) in [6.45, 7) is 1.50. The van der Waals surface area contributed by atoms with E-state index in [-0.39, 0.29) is 13.2 Å². The Kier molecular flexibility index (Phi) is 5.74. The maximum absolute atomic E-state index is 12.7. The van der Waals surface area contributed by atoms with Crippen molar-refractivity contribution in [2.75, 3.05) is 6.61 Å². The molecule has 9 nitrogen and oxygen atoms in total. The van der Waals surface area contributed by atoms with Gasteiger partial charge >= 0.3 is 10.3 Å². The summed E-state index contributed by atoms with van der Waals surface area (Å²) in [6, 6.07) is 17.7. The third-order valence-corrected chi connectivity index (χ3v) is 7.14. The summed E-state index contributed by atoms with van der Waals surface area (Å²) >= 11 is 0. The van der Waals surface area contributed by atoms with Crippen molar-refractivity contribution in [2.45, 2.75) is 50.5 Å². The van der Waals surface area contributed by atoms with Gasteiger partial charge in [-0.3, -0.25) is 4.79 Å². The molecule has 0 bridgehead atoms. The molecule has 6 atom stereocenters.